The maximum Gasteiger partial charge on any atom is 0.255 e. The number of fused-ring (bicyclic) bond motifs is 1. The molecule has 0 saturated carbocycles. The van der Waals surface area contributed by atoms with Gasteiger partial charge < -0.3 is 14.7 Å². The molecule has 3 aliphatic rings. The van der Waals surface area contributed by atoms with E-state index in [1.165, 1.54) is 11.3 Å². The van der Waals surface area contributed by atoms with Gasteiger partial charge in [-0.05, 0) is 85.0 Å². The number of rotatable bonds is 4. The molecule has 1 atom stereocenters. The Morgan fingerprint density at radius 2 is 1.74 bits per heavy atom. The Bertz CT molecular complexity index is 1350. The van der Waals surface area contributed by atoms with Crippen molar-refractivity contribution < 1.29 is 9.59 Å². The summed E-state index contributed by atoms with van der Waals surface area (Å²) in [6.07, 6.45) is 8.70. The van der Waals surface area contributed by atoms with Gasteiger partial charge in [-0.25, -0.2) is 0 Å². The predicted octanol–water partition coefficient (Wildman–Crippen LogP) is 5.63. The van der Waals surface area contributed by atoms with Crippen molar-refractivity contribution in [1.82, 2.24) is 14.8 Å². The molecule has 1 spiro atoms. The number of piperidine rings is 1. The first-order chi connectivity index (χ1) is 18.4. The molecule has 0 bridgehead atoms. The number of benzene rings is 2. The van der Waals surface area contributed by atoms with Crippen LogP contribution in [0.4, 0.5) is 5.69 Å². The summed E-state index contributed by atoms with van der Waals surface area (Å²) < 4.78 is 0. The van der Waals surface area contributed by atoms with Crippen LogP contribution >= 0.6 is 11.6 Å². The van der Waals surface area contributed by atoms with E-state index in [2.05, 4.69) is 28.1 Å². The smallest absolute Gasteiger partial charge is 0.255 e. The second-order valence-corrected chi connectivity index (χ2v) is 11.4. The fraction of sp³-hybridized carbons (Fsp3) is 0.387. The molecule has 6 rings (SSSR count). The molecule has 0 radical (unpaired) electrons. The maximum absolute atomic E-state index is 13.6. The van der Waals surface area contributed by atoms with Crippen molar-refractivity contribution in [3.63, 3.8) is 0 Å². The molecule has 7 heteroatoms. The number of halogens is 1. The van der Waals surface area contributed by atoms with Gasteiger partial charge in [-0.1, -0.05) is 29.8 Å². The molecule has 2 amide bonds. The zero-order chi connectivity index (χ0) is 26.3. The number of anilines is 1. The molecule has 2 aliphatic heterocycles. The van der Waals surface area contributed by atoms with Crippen molar-refractivity contribution in [3.05, 3.63) is 94.3 Å². The van der Waals surface area contributed by atoms with Gasteiger partial charge >= 0.3 is 0 Å². The van der Waals surface area contributed by atoms with Crippen LogP contribution in [-0.4, -0.2) is 59.8 Å². The molecular formula is C31H33ClN4O2. The minimum absolute atomic E-state index is 0.0658. The van der Waals surface area contributed by atoms with E-state index < -0.39 is 0 Å². The second-order valence-electron chi connectivity index (χ2n) is 11.0. The number of aryl methyl sites for hydroxylation is 1. The number of likely N-dealkylation sites (tertiary alicyclic amines) is 1. The molecule has 1 aliphatic carbocycles. The van der Waals surface area contributed by atoms with E-state index in [0.29, 0.717) is 10.6 Å². The molecule has 1 unspecified atom stereocenters. The first-order valence-corrected chi connectivity index (χ1v) is 13.9. The van der Waals surface area contributed by atoms with Crippen LogP contribution in [0.15, 0.2) is 67.0 Å². The summed E-state index contributed by atoms with van der Waals surface area (Å²) in [5.41, 5.74) is 4.96. The topological polar surface area (TPSA) is 56.8 Å². The standard InChI is InChI=1S/C31H33ClN4O2/c1-34(30(38)25-4-2-3-5-27(25)32)28-9-8-22-6-7-23(20-26(22)28)29(37)36-19-14-31(21-36)12-17-35(18-13-31)24-10-15-33-16-11-24/h2-7,10-11,15-16,20,28H,8-9,12-14,17-19,21H2,1H3. The second kappa shape index (κ2) is 10.1. The number of pyridine rings is 1. The van der Waals surface area contributed by atoms with Crippen molar-refractivity contribution in [3.8, 4) is 0 Å². The fourth-order valence-corrected chi connectivity index (χ4v) is 6.79. The summed E-state index contributed by atoms with van der Waals surface area (Å²) in [4.78, 5) is 37.3. The van der Waals surface area contributed by atoms with E-state index in [4.69, 9.17) is 11.6 Å². The number of hydrogen-bond acceptors (Lipinski definition) is 4. The van der Waals surface area contributed by atoms with Gasteiger partial charge in [0.2, 0.25) is 0 Å². The Balaban J connectivity index is 1.14. The average molecular weight is 529 g/mol. The highest BCUT2D eigenvalue weighted by atomic mass is 35.5. The third-order valence-electron chi connectivity index (χ3n) is 8.91. The van der Waals surface area contributed by atoms with Crippen molar-refractivity contribution >= 4 is 29.1 Å². The zero-order valence-corrected chi connectivity index (χ0v) is 22.5. The molecule has 38 heavy (non-hydrogen) atoms. The molecule has 3 heterocycles. The molecule has 0 N–H and O–H groups in total. The monoisotopic (exact) mass is 528 g/mol. The van der Waals surface area contributed by atoms with Crippen LogP contribution in [0.3, 0.4) is 0 Å². The van der Waals surface area contributed by atoms with Gasteiger partial charge in [0.25, 0.3) is 11.8 Å². The minimum Gasteiger partial charge on any atom is -0.371 e. The lowest BCUT2D eigenvalue weighted by molar-refractivity contribution is 0.0730. The molecule has 2 fully saturated rings. The Kier molecular flexibility index (Phi) is 6.60. The number of aromatic nitrogens is 1. The molecule has 196 valence electrons. The van der Waals surface area contributed by atoms with E-state index in [1.807, 2.05) is 48.6 Å². The fourth-order valence-electron chi connectivity index (χ4n) is 6.58. The van der Waals surface area contributed by atoms with E-state index in [-0.39, 0.29) is 23.3 Å². The quantitative estimate of drug-likeness (QED) is 0.440. The molecule has 2 aromatic carbocycles. The van der Waals surface area contributed by atoms with Crippen LogP contribution in [-0.2, 0) is 6.42 Å². The first kappa shape index (κ1) is 24.9. The molecule has 6 nitrogen and oxygen atoms in total. The number of hydrogen-bond donors (Lipinski definition) is 0. The highest BCUT2D eigenvalue weighted by molar-refractivity contribution is 6.33. The Morgan fingerprint density at radius 1 is 1.00 bits per heavy atom. The Labute approximate surface area is 229 Å². The largest absolute Gasteiger partial charge is 0.371 e. The van der Waals surface area contributed by atoms with Crippen molar-refractivity contribution in [2.45, 2.75) is 38.1 Å². The first-order valence-electron chi connectivity index (χ1n) is 13.5. The van der Waals surface area contributed by atoms with Crippen LogP contribution in [0.1, 0.15) is 63.6 Å². The average Bonchev–Trinajstić information content (AvgIpc) is 3.57. The summed E-state index contributed by atoms with van der Waals surface area (Å²) in [5.74, 6) is 0.0109. The van der Waals surface area contributed by atoms with Gasteiger partial charge in [0, 0.05) is 56.9 Å². The lowest BCUT2D eigenvalue weighted by Gasteiger charge is -2.40. The number of carbonyl (C=O) groups is 2. The van der Waals surface area contributed by atoms with Crippen molar-refractivity contribution in [1.29, 1.82) is 0 Å². The van der Waals surface area contributed by atoms with E-state index in [9.17, 15) is 9.59 Å². The number of carbonyl (C=O) groups excluding carboxylic acids is 2. The third kappa shape index (κ3) is 4.55. The molecule has 2 saturated heterocycles. The van der Waals surface area contributed by atoms with Crippen molar-refractivity contribution in [2.75, 3.05) is 38.1 Å². The maximum atomic E-state index is 13.6. The third-order valence-corrected chi connectivity index (χ3v) is 9.24. The molecule has 1 aromatic heterocycles. The van der Waals surface area contributed by atoms with Crippen LogP contribution in [0, 0.1) is 5.41 Å². The van der Waals surface area contributed by atoms with Crippen LogP contribution in [0.25, 0.3) is 0 Å². The minimum atomic E-state index is -0.0928. The van der Waals surface area contributed by atoms with Gasteiger partial charge in [-0.2, -0.15) is 0 Å². The summed E-state index contributed by atoms with van der Waals surface area (Å²) in [5, 5.41) is 0.459. The van der Waals surface area contributed by atoms with Gasteiger partial charge in [-0.15, -0.1) is 0 Å². The van der Waals surface area contributed by atoms with E-state index in [1.54, 1.807) is 17.0 Å². The van der Waals surface area contributed by atoms with Crippen LogP contribution in [0.5, 0.6) is 0 Å². The van der Waals surface area contributed by atoms with Crippen molar-refractivity contribution in [2.24, 2.45) is 5.41 Å². The lowest BCUT2D eigenvalue weighted by Crippen LogP contribution is -2.42. The molecular weight excluding hydrogens is 496 g/mol. The summed E-state index contributed by atoms with van der Waals surface area (Å²) >= 11 is 6.31. The van der Waals surface area contributed by atoms with Gasteiger partial charge in [0.15, 0.2) is 0 Å². The summed E-state index contributed by atoms with van der Waals surface area (Å²) in [6, 6.07) is 17.3. The number of nitrogens with zero attached hydrogens (tertiary/aromatic N) is 4. The van der Waals surface area contributed by atoms with Crippen LogP contribution in [0.2, 0.25) is 5.02 Å². The predicted molar refractivity (Wildman–Crippen MR) is 150 cm³/mol. The van der Waals surface area contributed by atoms with Gasteiger partial charge in [-0.3, -0.25) is 14.6 Å². The van der Waals surface area contributed by atoms with E-state index >= 15 is 0 Å². The zero-order valence-electron chi connectivity index (χ0n) is 21.8. The Morgan fingerprint density at radius 3 is 2.50 bits per heavy atom. The molecule has 3 aromatic rings. The highest BCUT2D eigenvalue weighted by Gasteiger charge is 2.42. The van der Waals surface area contributed by atoms with E-state index in [0.717, 1.165) is 69.4 Å². The number of amides is 2. The van der Waals surface area contributed by atoms with Gasteiger partial charge in [0.05, 0.1) is 16.6 Å². The lowest BCUT2D eigenvalue weighted by atomic mass is 9.77. The Hall–Kier alpha value is -3.38. The SMILES string of the molecule is CN(C(=O)c1ccccc1Cl)C1CCc2ccc(C(=O)N3CCC4(CCN(c5ccncc5)CC4)C3)cc21. The van der Waals surface area contributed by atoms with Gasteiger partial charge in [0.1, 0.15) is 0 Å². The van der Waals surface area contributed by atoms with Crippen LogP contribution < -0.4 is 4.90 Å². The summed E-state index contributed by atoms with van der Waals surface area (Å²) in [7, 11) is 1.84. The summed E-state index contributed by atoms with van der Waals surface area (Å²) in [6.45, 7) is 3.65. The highest BCUT2D eigenvalue weighted by Crippen LogP contribution is 2.42. The normalized spacial score (nSPS) is 20.0.